The van der Waals surface area contributed by atoms with Crippen molar-refractivity contribution in [1.82, 2.24) is 5.32 Å². The number of ether oxygens (including phenoxy) is 1. The Morgan fingerprint density at radius 3 is 2.65 bits per heavy atom. The van der Waals surface area contributed by atoms with E-state index in [1.165, 1.54) is 18.7 Å². The normalized spacial score (nSPS) is 34.3. The van der Waals surface area contributed by atoms with Crippen molar-refractivity contribution in [2.24, 2.45) is 33.7 Å². The van der Waals surface area contributed by atoms with Crippen molar-refractivity contribution in [3.63, 3.8) is 0 Å². The summed E-state index contributed by atoms with van der Waals surface area (Å²) in [6.07, 6.45) is 12.2. The third kappa shape index (κ3) is 5.55. The number of methoxy groups -OCH3 is 1. The van der Waals surface area contributed by atoms with Gasteiger partial charge in [-0.2, -0.15) is 0 Å². The van der Waals surface area contributed by atoms with Gasteiger partial charge in [0.15, 0.2) is 12.4 Å². The van der Waals surface area contributed by atoms with Crippen molar-refractivity contribution in [2.45, 2.75) is 77.4 Å². The van der Waals surface area contributed by atoms with E-state index in [4.69, 9.17) is 9.57 Å². The fourth-order valence-corrected chi connectivity index (χ4v) is 8.32. The molecular formula is C32H41N3O8. The van der Waals surface area contributed by atoms with Gasteiger partial charge in [-0.15, -0.1) is 0 Å². The van der Waals surface area contributed by atoms with E-state index in [-0.39, 0.29) is 17.3 Å². The van der Waals surface area contributed by atoms with Crippen LogP contribution in [0.4, 0.5) is 5.69 Å². The minimum absolute atomic E-state index is 0.0277. The highest BCUT2D eigenvalue weighted by Crippen LogP contribution is 2.66. The molecule has 0 saturated heterocycles. The summed E-state index contributed by atoms with van der Waals surface area (Å²) in [6.45, 7) is 6.18. The lowest BCUT2D eigenvalue weighted by molar-refractivity contribution is -0.385. The smallest absolute Gasteiger partial charge is 0.328 e. The Kier molecular flexibility index (Phi) is 8.15. The van der Waals surface area contributed by atoms with Gasteiger partial charge in [0.25, 0.3) is 5.91 Å². The number of hydrogen-bond donors (Lipinski definition) is 3. The maximum atomic E-state index is 12.6. The molecule has 3 saturated carbocycles. The second kappa shape index (κ2) is 11.4. The molecule has 3 N–H and O–H groups in total. The summed E-state index contributed by atoms with van der Waals surface area (Å²) in [5.74, 6) is -0.214. The number of nitrogens with zero attached hydrogens (tertiary/aromatic N) is 2. The largest absolute Gasteiger partial charge is 0.502 e. The molecule has 4 aliphatic rings. The molecule has 5 rings (SSSR count). The summed E-state index contributed by atoms with van der Waals surface area (Å²) >= 11 is 0. The SMILES string of the molecule is COC(=O)[C@H](Cc1ccc(O)c([N+](=O)[O-])c1)NC(=O)CO/N=C1/C=C[C@@]2(C)C(=C1)CC[C@@H]1[C@H]2CC[C@]2(C)[C@H]1CC[C@]2(C)O. The second-order valence-corrected chi connectivity index (χ2v) is 13.2. The molecule has 1 amide bonds. The van der Waals surface area contributed by atoms with Crippen LogP contribution in [-0.4, -0.2) is 58.1 Å². The molecule has 11 heteroatoms. The fraction of sp³-hybridized carbons (Fsp3) is 0.594. The van der Waals surface area contributed by atoms with Crippen LogP contribution >= 0.6 is 0 Å². The zero-order valence-corrected chi connectivity index (χ0v) is 25.2. The van der Waals surface area contributed by atoms with Crippen LogP contribution in [0.2, 0.25) is 0 Å². The number of rotatable bonds is 8. The van der Waals surface area contributed by atoms with Gasteiger partial charge < -0.3 is 25.1 Å². The monoisotopic (exact) mass is 595 g/mol. The molecule has 1 aromatic rings. The Labute approximate surface area is 251 Å². The fourth-order valence-electron chi connectivity index (χ4n) is 8.32. The van der Waals surface area contributed by atoms with Gasteiger partial charge in [-0.25, -0.2) is 4.79 Å². The summed E-state index contributed by atoms with van der Waals surface area (Å²) in [5, 5.41) is 38.7. The Hall–Kier alpha value is -3.73. The number of oxime groups is 1. The summed E-state index contributed by atoms with van der Waals surface area (Å²) in [7, 11) is 1.18. The van der Waals surface area contributed by atoms with Gasteiger partial charge in [0.2, 0.25) is 0 Å². The zero-order valence-electron chi connectivity index (χ0n) is 25.2. The highest BCUT2D eigenvalue weighted by molar-refractivity contribution is 6.05. The summed E-state index contributed by atoms with van der Waals surface area (Å²) in [5.41, 5.74) is 1.08. The van der Waals surface area contributed by atoms with Gasteiger partial charge in [0, 0.05) is 17.9 Å². The molecule has 7 atom stereocenters. The van der Waals surface area contributed by atoms with Gasteiger partial charge in [-0.05, 0) is 92.4 Å². The Bertz CT molecular complexity index is 1400. The van der Waals surface area contributed by atoms with Crippen molar-refractivity contribution in [1.29, 1.82) is 0 Å². The number of carbonyl (C=O) groups excluding carboxylic acids is 2. The van der Waals surface area contributed by atoms with Gasteiger partial charge in [-0.3, -0.25) is 14.9 Å². The lowest BCUT2D eigenvalue weighted by Crippen LogP contribution is -2.53. The number of phenols is 1. The van der Waals surface area contributed by atoms with Gasteiger partial charge in [-0.1, -0.05) is 36.7 Å². The molecule has 0 bridgehead atoms. The Morgan fingerprint density at radius 1 is 1.19 bits per heavy atom. The topological polar surface area (TPSA) is 161 Å². The number of esters is 1. The van der Waals surface area contributed by atoms with E-state index in [1.54, 1.807) is 0 Å². The van der Waals surface area contributed by atoms with Gasteiger partial charge in [0.1, 0.15) is 11.8 Å². The van der Waals surface area contributed by atoms with E-state index in [1.807, 2.05) is 13.0 Å². The van der Waals surface area contributed by atoms with Crippen molar-refractivity contribution < 1.29 is 34.3 Å². The van der Waals surface area contributed by atoms with E-state index in [0.29, 0.717) is 29.0 Å². The minimum Gasteiger partial charge on any atom is -0.502 e. The molecule has 0 radical (unpaired) electrons. The molecule has 0 heterocycles. The van der Waals surface area contributed by atoms with E-state index >= 15 is 0 Å². The number of carbonyl (C=O) groups is 2. The average Bonchev–Trinajstić information content (AvgIpc) is 3.21. The van der Waals surface area contributed by atoms with Crippen LogP contribution < -0.4 is 5.32 Å². The Balaban J connectivity index is 1.20. The molecule has 1 aromatic carbocycles. The van der Waals surface area contributed by atoms with E-state index in [9.17, 15) is 29.9 Å². The van der Waals surface area contributed by atoms with Crippen LogP contribution in [0, 0.1) is 38.7 Å². The summed E-state index contributed by atoms with van der Waals surface area (Å²) < 4.78 is 4.79. The molecule has 3 fully saturated rings. The van der Waals surface area contributed by atoms with Crippen LogP contribution in [0.3, 0.4) is 0 Å². The van der Waals surface area contributed by atoms with E-state index in [2.05, 4.69) is 36.5 Å². The number of fused-ring (bicyclic) bond motifs is 5. The van der Waals surface area contributed by atoms with Crippen LogP contribution in [-0.2, 0) is 25.6 Å². The zero-order chi connectivity index (χ0) is 31.2. The first-order valence-electron chi connectivity index (χ1n) is 14.9. The lowest BCUT2D eigenvalue weighted by atomic mass is 9.47. The van der Waals surface area contributed by atoms with Crippen molar-refractivity contribution in [3.05, 3.63) is 57.7 Å². The van der Waals surface area contributed by atoms with Crippen LogP contribution in [0.1, 0.15) is 64.9 Å². The van der Waals surface area contributed by atoms with Crippen LogP contribution in [0.25, 0.3) is 0 Å². The number of nitrogens with one attached hydrogen (secondary N) is 1. The van der Waals surface area contributed by atoms with Gasteiger partial charge >= 0.3 is 11.7 Å². The molecule has 11 nitrogen and oxygen atoms in total. The quantitative estimate of drug-likeness (QED) is 0.227. The molecule has 43 heavy (non-hydrogen) atoms. The number of aliphatic hydroxyl groups is 1. The number of phenolic OH excluding ortho intramolecular Hbond substituents is 1. The highest BCUT2D eigenvalue weighted by Gasteiger charge is 2.62. The van der Waals surface area contributed by atoms with Crippen molar-refractivity contribution >= 4 is 23.3 Å². The molecule has 232 valence electrons. The maximum absolute atomic E-state index is 12.6. The first kappa shape index (κ1) is 30.7. The van der Waals surface area contributed by atoms with Gasteiger partial charge in [0.05, 0.1) is 17.6 Å². The lowest BCUT2D eigenvalue weighted by Gasteiger charge is -2.58. The van der Waals surface area contributed by atoms with Crippen LogP contribution in [0.5, 0.6) is 5.75 Å². The maximum Gasteiger partial charge on any atom is 0.328 e. The number of allylic oxidation sites excluding steroid dienone is 4. The number of aromatic hydroxyl groups is 1. The average molecular weight is 596 g/mol. The molecule has 0 aliphatic heterocycles. The highest BCUT2D eigenvalue weighted by atomic mass is 16.6. The number of hydrogen-bond acceptors (Lipinski definition) is 9. The molecule has 0 unspecified atom stereocenters. The van der Waals surface area contributed by atoms with E-state index < -0.39 is 46.5 Å². The molecule has 0 spiro atoms. The third-order valence-electron chi connectivity index (χ3n) is 11.0. The standard InChI is InChI=1S/C32H41N3O8/c1-30-12-9-21(17-20(30)6-7-22-23(30)10-13-31(2)24(22)11-14-32(31,3)39)34-43-18-28(37)33-25(29(38)42-4)15-19-5-8-27(36)26(16-19)35(40)41/h5,8-9,12,16-17,22-25,36,39H,6-7,10-11,13-15,18H2,1-4H3,(H,33,37)/b34-21-/t22-,23-,24+,25+,30+,31-,32+/m1/s1. The second-order valence-electron chi connectivity index (χ2n) is 13.2. The van der Waals surface area contributed by atoms with Crippen molar-refractivity contribution in [3.8, 4) is 5.75 Å². The number of nitro groups is 1. The van der Waals surface area contributed by atoms with Crippen molar-refractivity contribution in [2.75, 3.05) is 13.7 Å². The number of amides is 1. The number of nitro benzene ring substituents is 1. The van der Waals surface area contributed by atoms with Crippen LogP contribution in [0.15, 0.2) is 47.2 Å². The molecule has 4 aliphatic carbocycles. The van der Waals surface area contributed by atoms with E-state index in [0.717, 1.165) is 50.7 Å². The first-order valence-corrected chi connectivity index (χ1v) is 14.9. The predicted molar refractivity (Wildman–Crippen MR) is 158 cm³/mol. The molecular weight excluding hydrogens is 554 g/mol. The number of benzene rings is 1. The third-order valence-corrected chi connectivity index (χ3v) is 11.0. The minimum atomic E-state index is -1.12. The summed E-state index contributed by atoms with van der Waals surface area (Å²) in [4.78, 5) is 40.7. The Morgan fingerprint density at radius 2 is 1.93 bits per heavy atom. The molecule has 0 aromatic heterocycles. The summed E-state index contributed by atoms with van der Waals surface area (Å²) in [6, 6.07) is 2.62. The predicted octanol–water partition coefficient (Wildman–Crippen LogP) is 4.36. The first-order chi connectivity index (χ1) is 20.3.